The second kappa shape index (κ2) is 6.28. The molecule has 0 saturated carbocycles. The van der Waals surface area contributed by atoms with Crippen LogP contribution in [-0.4, -0.2) is 47.5 Å². The van der Waals surface area contributed by atoms with Crippen molar-refractivity contribution in [1.29, 1.82) is 0 Å². The van der Waals surface area contributed by atoms with Crippen LogP contribution in [0.5, 0.6) is 0 Å². The fourth-order valence-corrected chi connectivity index (χ4v) is 3.97. The highest BCUT2D eigenvalue weighted by molar-refractivity contribution is 7.89. The van der Waals surface area contributed by atoms with Crippen LogP contribution in [0.2, 0.25) is 0 Å². The third-order valence-electron chi connectivity index (χ3n) is 3.87. The Balaban J connectivity index is 2.26. The standard InChI is InChI=1S/C13H20N4O5S/c1-4-11(18)17-6-5-9(7-17)14-23(21,22)10-8-15(2)13(20)16(3)12(10)19/h8-9,14H,4-7H2,1-3H3. The molecule has 10 heteroatoms. The fraction of sp³-hybridized carbons (Fsp3) is 0.615. The molecule has 0 radical (unpaired) electrons. The van der Waals surface area contributed by atoms with Crippen molar-refractivity contribution in [3.8, 4) is 0 Å². The number of carbonyl (C=O) groups excluding carboxylic acids is 1. The highest BCUT2D eigenvalue weighted by Gasteiger charge is 2.30. The van der Waals surface area contributed by atoms with Gasteiger partial charge in [0.1, 0.15) is 0 Å². The van der Waals surface area contributed by atoms with Crippen LogP contribution < -0.4 is 16.0 Å². The third-order valence-corrected chi connectivity index (χ3v) is 5.37. The SMILES string of the molecule is CCC(=O)N1CCC(NS(=O)(=O)c2cn(C)c(=O)n(C)c2=O)C1. The summed E-state index contributed by atoms with van der Waals surface area (Å²) in [6.45, 7) is 2.50. The average molecular weight is 344 g/mol. The van der Waals surface area contributed by atoms with Gasteiger partial charge >= 0.3 is 5.69 Å². The van der Waals surface area contributed by atoms with Crippen molar-refractivity contribution in [2.24, 2.45) is 14.1 Å². The van der Waals surface area contributed by atoms with Crippen LogP contribution >= 0.6 is 0 Å². The second-order valence-electron chi connectivity index (χ2n) is 5.55. The molecule has 0 bridgehead atoms. The molecule has 128 valence electrons. The molecule has 2 rings (SSSR count). The zero-order chi connectivity index (χ0) is 17.4. The van der Waals surface area contributed by atoms with Crippen molar-refractivity contribution in [3.05, 3.63) is 27.0 Å². The molecule has 0 aliphatic carbocycles. The van der Waals surface area contributed by atoms with Gasteiger partial charge < -0.3 is 9.47 Å². The van der Waals surface area contributed by atoms with E-state index in [0.29, 0.717) is 19.4 Å². The van der Waals surface area contributed by atoms with Gasteiger partial charge in [0.25, 0.3) is 5.56 Å². The number of likely N-dealkylation sites (tertiary alicyclic amines) is 1. The van der Waals surface area contributed by atoms with E-state index >= 15 is 0 Å². The maximum absolute atomic E-state index is 12.4. The maximum atomic E-state index is 12.4. The van der Waals surface area contributed by atoms with E-state index in [1.807, 2.05) is 0 Å². The number of aromatic nitrogens is 2. The fourth-order valence-electron chi connectivity index (χ4n) is 2.55. The molecule has 0 aromatic carbocycles. The lowest BCUT2D eigenvalue weighted by molar-refractivity contribution is -0.129. The number of hydrogen-bond donors (Lipinski definition) is 1. The smallest absolute Gasteiger partial charge is 0.330 e. The van der Waals surface area contributed by atoms with Gasteiger partial charge in [0, 0.05) is 45.8 Å². The van der Waals surface area contributed by atoms with Crippen molar-refractivity contribution in [2.75, 3.05) is 13.1 Å². The molecular weight excluding hydrogens is 324 g/mol. The lowest BCUT2D eigenvalue weighted by Crippen LogP contribution is -2.44. The summed E-state index contributed by atoms with van der Waals surface area (Å²) in [4.78, 5) is 36.4. The number of hydrogen-bond acceptors (Lipinski definition) is 5. The van der Waals surface area contributed by atoms with Crippen LogP contribution in [0.4, 0.5) is 0 Å². The molecule has 1 aromatic heterocycles. The Morgan fingerprint density at radius 3 is 2.61 bits per heavy atom. The first-order valence-electron chi connectivity index (χ1n) is 7.24. The number of sulfonamides is 1. The molecule has 1 N–H and O–H groups in total. The number of rotatable bonds is 4. The summed E-state index contributed by atoms with van der Waals surface area (Å²) >= 11 is 0. The summed E-state index contributed by atoms with van der Waals surface area (Å²) in [6, 6.07) is -0.447. The Morgan fingerprint density at radius 1 is 1.35 bits per heavy atom. The molecule has 23 heavy (non-hydrogen) atoms. The Bertz CT molecular complexity index is 839. The quantitative estimate of drug-likeness (QED) is 0.705. The molecule has 0 spiro atoms. The molecule has 1 aliphatic rings. The highest BCUT2D eigenvalue weighted by Crippen LogP contribution is 2.13. The topological polar surface area (TPSA) is 110 Å². The van der Waals surface area contributed by atoms with E-state index in [-0.39, 0.29) is 12.5 Å². The van der Waals surface area contributed by atoms with Crippen LogP contribution in [0, 0.1) is 0 Å². The normalized spacial score (nSPS) is 18.4. The van der Waals surface area contributed by atoms with E-state index in [9.17, 15) is 22.8 Å². The Hall–Kier alpha value is -1.94. The Kier molecular flexibility index (Phi) is 4.76. The molecule has 1 atom stereocenters. The zero-order valence-corrected chi connectivity index (χ0v) is 14.1. The minimum Gasteiger partial charge on any atom is -0.341 e. The third kappa shape index (κ3) is 3.37. The van der Waals surface area contributed by atoms with Crippen LogP contribution in [0.15, 0.2) is 20.7 Å². The molecular formula is C13H20N4O5S. The van der Waals surface area contributed by atoms with Crippen LogP contribution in [0.1, 0.15) is 19.8 Å². The minimum absolute atomic E-state index is 0.0373. The second-order valence-corrected chi connectivity index (χ2v) is 7.23. The van der Waals surface area contributed by atoms with Gasteiger partial charge in [0.05, 0.1) is 0 Å². The summed E-state index contributed by atoms with van der Waals surface area (Å²) in [5, 5.41) is 0. The van der Waals surface area contributed by atoms with Gasteiger partial charge in [-0.3, -0.25) is 14.2 Å². The lowest BCUT2D eigenvalue weighted by Gasteiger charge is -2.16. The van der Waals surface area contributed by atoms with E-state index in [1.165, 1.54) is 14.1 Å². The highest BCUT2D eigenvalue weighted by atomic mass is 32.2. The molecule has 1 aliphatic heterocycles. The molecule has 1 saturated heterocycles. The predicted octanol–water partition coefficient (Wildman–Crippen LogP) is -1.63. The van der Waals surface area contributed by atoms with Crippen molar-refractivity contribution >= 4 is 15.9 Å². The minimum atomic E-state index is -4.07. The van der Waals surface area contributed by atoms with E-state index in [1.54, 1.807) is 11.8 Å². The molecule has 1 unspecified atom stereocenters. The van der Waals surface area contributed by atoms with Crippen LogP contribution in [0.25, 0.3) is 0 Å². The van der Waals surface area contributed by atoms with Crippen molar-refractivity contribution in [3.63, 3.8) is 0 Å². The predicted molar refractivity (Wildman–Crippen MR) is 82.5 cm³/mol. The van der Waals surface area contributed by atoms with E-state index in [4.69, 9.17) is 0 Å². The van der Waals surface area contributed by atoms with Crippen molar-refractivity contribution in [2.45, 2.75) is 30.7 Å². The van der Waals surface area contributed by atoms with Crippen LogP contribution in [-0.2, 0) is 28.9 Å². The Labute approximate surface area is 133 Å². The van der Waals surface area contributed by atoms with Crippen molar-refractivity contribution in [1.82, 2.24) is 18.8 Å². The first-order valence-corrected chi connectivity index (χ1v) is 8.72. The van der Waals surface area contributed by atoms with E-state index in [2.05, 4.69) is 4.72 Å². The molecule has 1 amide bonds. The first-order chi connectivity index (χ1) is 10.7. The monoisotopic (exact) mass is 344 g/mol. The largest absolute Gasteiger partial charge is 0.341 e. The van der Waals surface area contributed by atoms with Gasteiger partial charge in [-0.2, -0.15) is 0 Å². The van der Waals surface area contributed by atoms with Gasteiger partial charge in [0.15, 0.2) is 4.90 Å². The molecule has 1 fully saturated rings. The van der Waals surface area contributed by atoms with Gasteiger partial charge in [0.2, 0.25) is 15.9 Å². The van der Waals surface area contributed by atoms with Crippen molar-refractivity contribution < 1.29 is 13.2 Å². The average Bonchev–Trinajstić information content (AvgIpc) is 2.95. The first kappa shape index (κ1) is 17.4. The summed E-state index contributed by atoms with van der Waals surface area (Å²) in [5.41, 5.74) is -1.48. The molecule has 9 nitrogen and oxygen atoms in total. The van der Waals surface area contributed by atoms with E-state index < -0.39 is 32.2 Å². The van der Waals surface area contributed by atoms with Gasteiger partial charge in [-0.05, 0) is 6.42 Å². The maximum Gasteiger partial charge on any atom is 0.330 e. The number of nitrogens with zero attached hydrogens (tertiary/aromatic N) is 3. The molecule has 2 heterocycles. The van der Waals surface area contributed by atoms with E-state index in [0.717, 1.165) is 15.3 Å². The van der Waals surface area contributed by atoms with Crippen LogP contribution in [0.3, 0.4) is 0 Å². The van der Waals surface area contributed by atoms with Gasteiger partial charge in [-0.1, -0.05) is 6.92 Å². The molecule has 1 aromatic rings. The number of aryl methyl sites for hydroxylation is 1. The lowest BCUT2D eigenvalue weighted by atomic mass is 10.3. The summed E-state index contributed by atoms with van der Waals surface area (Å²) in [7, 11) is -1.48. The zero-order valence-electron chi connectivity index (χ0n) is 13.3. The number of nitrogens with one attached hydrogen (secondary N) is 1. The van der Waals surface area contributed by atoms with Gasteiger partial charge in [-0.25, -0.2) is 17.9 Å². The summed E-state index contributed by atoms with van der Waals surface area (Å²) in [6.07, 6.45) is 1.86. The number of amides is 1. The number of carbonyl (C=O) groups is 1. The summed E-state index contributed by atoms with van der Waals surface area (Å²) < 4.78 is 29.1. The Morgan fingerprint density at radius 2 is 2.00 bits per heavy atom. The summed E-state index contributed by atoms with van der Waals surface area (Å²) in [5.74, 6) is -0.0373. The van der Waals surface area contributed by atoms with Gasteiger partial charge in [-0.15, -0.1) is 0 Å².